The average molecular weight is 196 g/mol. The molecular weight excluding hydrogens is 186 g/mol. The van der Waals surface area contributed by atoms with Gasteiger partial charge in [-0.05, 0) is 12.5 Å². The van der Waals surface area contributed by atoms with Gasteiger partial charge < -0.3 is 4.98 Å². The summed E-state index contributed by atoms with van der Waals surface area (Å²) < 4.78 is 0. The lowest BCUT2D eigenvalue weighted by Crippen LogP contribution is -1.84. The highest BCUT2D eigenvalue weighted by Gasteiger charge is 2.05. The molecule has 0 saturated heterocycles. The third-order valence-corrected chi connectivity index (χ3v) is 2.19. The van der Waals surface area contributed by atoms with Gasteiger partial charge in [-0.25, -0.2) is 9.97 Å². The first-order valence-corrected chi connectivity index (χ1v) is 4.68. The van der Waals surface area contributed by atoms with Crippen LogP contribution in [0, 0.1) is 0 Å². The van der Waals surface area contributed by atoms with E-state index in [1.54, 1.807) is 12.3 Å². The van der Waals surface area contributed by atoms with Crippen LogP contribution in [-0.4, -0.2) is 15.0 Å². The van der Waals surface area contributed by atoms with Crippen molar-refractivity contribution < 1.29 is 0 Å². The Labute approximate surface area is 81.2 Å². The van der Waals surface area contributed by atoms with E-state index in [0.29, 0.717) is 10.7 Å². The molecule has 1 N–H and O–H groups in total. The van der Waals surface area contributed by atoms with Crippen LogP contribution in [0.2, 0.25) is 5.02 Å². The minimum absolute atomic E-state index is 0.680. The van der Waals surface area contributed by atoms with Crippen molar-refractivity contribution in [2.75, 3.05) is 0 Å². The highest BCUT2D eigenvalue weighted by molar-refractivity contribution is 6.34. The van der Waals surface area contributed by atoms with Crippen LogP contribution in [0.5, 0.6) is 0 Å². The number of fused-ring (bicyclic) bond motifs is 1. The fraction of sp³-hybridized carbons (Fsp3) is 0.333. The van der Waals surface area contributed by atoms with E-state index in [-0.39, 0.29) is 0 Å². The summed E-state index contributed by atoms with van der Waals surface area (Å²) in [5.74, 6) is 0.957. The summed E-state index contributed by atoms with van der Waals surface area (Å²) in [4.78, 5) is 11.6. The Kier molecular flexibility index (Phi) is 2.19. The quantitative estimate of drug-likeness (QED) is 0.800. The molecule has 0 radical (unpaired) electrons. The summed E-state index contributed by atoms with van der Waals surface area (Å²) in [6, 6.07) is 1.76. The highest BCUT2D eigenvalue weighted by Crippen LogP contribution is 2.18. The number of imidazole rings is 1. The number of hydrogen-bond acceptors (Lipinski definition) is 2. The van der Waals surface area contributed by atoms with E-state index in [9.17, 15) is 0 Å². The van der Waals surface area contributed by atoms with Gasteiger partial charge in [0, 0.05) is 12.6 Å². The first kappa shape index (κ1) is 8.51. The predicted molar refractivity (Wildman–Crippen MR) is 52.9 cm³/mol. The molecule has 0 saturated carbocycles. The third-order valence-electron chi connectivity index (χ3n) is 1.88. The molecule has 2 heterocycles. The highest BCUT2D eigenvalue weighted by atomic mass is 35.5. The molecule has 0 amide bonds. The number of nitrogens with one attached hydrogen (secondary N) is 1. The largest absolute Gasteiger partial charge is 0.339 e. The van der Waals surface area contributed by atoms with Crippen LogP contribution < -0.4 is 0 Å². The van der Waals surface area contributed by atoms with Gasteiger partial charge in [0.1, 0.15) is 11.3 Å². The van der Waals surface area contributed by atoms with Crippen LogP contribution in [0.25, 0.3) is 11.2 Å². The normalized spacial score (nSPS) is 10.9. The first-order chi connectivity index (χ1) is 6.31. The Morgan fingerprint density at radius 2 is 2.38 bits per heavy atom. The summed E-state index contributed by atoms with van der Waals surface area (Å²) in [6.45, 7) is 2.11. The lowest BCUT2D eigenvalue weighted by atomic mass is 10.3. The lowest BCUT2D eigenvalue weighted by molar-refractivity contribution is 0.860. The Morgan fingerprint density at radius 1 is 1.54 bits per heavy atom. The number of rotatable bonds is 2. The van der Waals surface area contributed by atoms with Crippen LogP contribution in [0.15, 0.2) is 12.3 Å². The summed E-state index contributed by atoms with van der Waals surface area (Å²) in [5, 5.41) is 0.680. The van der Waals surface area contributed by atoms with Crippen LogP contribution in [0.4, 0.5) is 0 Å². The topological polar surface area (TPSA) is 41.6 Å². The minimum Gasteiger partial charge on any atom is -0.339 e. The summed E-state index contributed by atoms with van der Waals surface area (Å²) in [7, 11) is 0. The second-order valence-corrected chi connectivity index (χ2v) is 3.33. The molecule has 4 heteroatoms. The van der Waals surface area contributed by atoms with Crippen molar-refractivity contribution in [3.8, 4) is 0 Å². The number of halogens is 1. The van der Waals surface area contributed by atoms with E-state index in [4.69, 9.17) is 11.6 Å². The van der Waals surface area contributed by atoms with E-state index >= 15 is 0 Å². The fourth-order valence-corrected chi connectivity index (χ4v) is 1.47. The van der Waals surface area contributed by atoms with Crippen LogP contribution in [-0.2, 0) is 6.42 Å². The molecule has 0 spiro atoms. The van der Waals surface area contributed by atoms with Gasteiger partial charge in [0.2, 0.25) is 0 Å². The van der Waals surface area contributed by atoms with Gasteiger partial charge in [0.15, 0.2) is 5.65 Å². The first-order valence-electron chi connectivity index (χ1n) is 4.30. The number of H-pyrrole nitrogens is 1. The van der Waals surface area contributed by atoms with Gasteiger partial charge in [-0.2, -0.15) is 0 Å². The third kappa shape index (κ3) is 1.52. The zero-order valence-corrected chi connectivity index (χ0v) is 8.10. The maximum atomic E-state index is 5.96. The van der Waals surface area contributed by atoms with Crippen molar-refractivity contribution in [3.63, 3.8) is 0 Å². The summed E-state index contributed by atoms with van der Waals surface area (Å²) in [6.07, 6.45) is 3.67. The van der Waals surface area contributed by atoms with Gasteiger partial charge in [-0.1, -0.05) is 18.5 Å². The molecule has 0 aromatic carbocycles. The molecule has 68 valence electrons. The second-order valence-electron chi connectivity index (χ2n) is 2.92. The smallest absolute Gasteiger partial charge is 0.179 e. The van der Waals surface area contributed by atoms with Crippen LogP contribution >= 0.6 is 11.6 Å². The second kappa shape index (κ2) is 3.34. The van der Waals surface area contributed by atoms with E-state index in [1.807, 2.05) is 0 Å². The van der Waals surface area contributed by atoms with Crippen molar-refractivity contribution in [1.29, 1.82) is 0 Å². The average Bonchev–Trinajstić information content (AvgIpc) is 2.49. The zero-order valence-electron chi connectivity index (χ0n) is 7.34. The molecule has 0 atom stereocenters. The number of aromatic amines is 1. The fourth-order valence-electron chi connectivity index (χ4n) is 1.28. The summed E-state index contributed by atoms with van der Waals surface area (Å²) in [5.41, 5.74) is 1.54. The van der Waals surface area contributed by atoms with E-state index in [0.717, 1.165) is 24.2 Å². The number of hydrogen-bond donors (Lipinski definition) is 1. The standard InChI is InChI=1S/C9H10ClN3/c1-2-3-7-12-8-6(10)4-5-11-9(8)13-7/h4-5H,2-3H2,1H3,(H,11,12,13). The molecule has 0 aliphatic heterocycles. The maximum Gasteiger partial charge on any atom is 0.179 e. The Morgan fingerprint density at radius 3 is 3.08 bits per heavy atom. The molecular formula is C9H10ClN3. The van der Waals surface area contributed by atoms with Crippen molar-refractivity contribution in [2.24, 2.45) is 0 Å². The van der Waals surface area contributed by atoms with Gasteiger partial charge in [-0.3, -0.25) is 0 Å². The van der Waals surface area contributed by atoms with Crippen molar-refractivity contribution in [1.82, 2.24) is 15.0 Å². The van der Waals surface area contributed by atoms with Crippen molar-refractivity contribution in [3.05, 3.63) is 23.1 Å². The number of aromatic nitrogens is 3. The van der Waals surface area contributed by atoms with E-state index in [2.05, 4.69) is 21.9 Å². The van der Waals surface area contributed by atoms with E-state index in [1.165, 1.54) is 0 Å². The van der Waals surface area contributed by atoms with Crippen molar-refractivity contribution in [2.45, 2.75) is 19.8 Å². The molecule has 0 fully saturated rings. The molecule has 2 aromatic rings. The van der Waals surface area contributed by atoms with Gasteiger partial charge in [-0.15, -0.1) is 0 Å². The molecule has 3 nitrogen and oxygen atoms in total. The molecule has 0 bridgehead atoms. The molecule has 0 aliphatic carbocycles. The molecule has 2 rings (SSSR count). The van der Waals surface area contributed by atoms with Crippen LogP contribution in [0.1, 0.15) is 19.2 Å². The molecule has 13 heavy (non-hydrogen) atoms. The Bertz CT molecular complexity index is 422. The van der Waals surface area contributed by atoms with Gasteiger partial charge >= 0.3 is 0 Å². The minimum atomic E-state index is 0.680. The maximum absolute atomic E-state index is 5.96. The number of pyridine rings is 1. The predicted octanol–water partition coefficient (Wildman–Crippen LogP) is 2.56. The monoisotopic (exact) mass is 195 g/mol. The SMILES string of the molecule is CCCc1nc2nccc(Cl)c2[nH]1. The Balaban J connectivity index is 2.55. The molecule has 0 unspecified atom stereocenters. The van der Waals surface area contributed by atoms with E-state index < -0.39 is 0 Å². The number of aryl methyl sites for hydroxylation is 1. The van der Waals surface area contributed by atoms with Crippen molar-refractivity contribution >= 4 is 22.8 Å². The van der Waals surface area contributed by atoms with Gasteiger partial charge in [0.25, 0.3) is 0 Å². The lowest BCUT2D eigenvalue weighted by Gasteiger charge is -1.89. The number of nitrogens with zero attached hydrogens (tertiary/aromatic N) is 2. The van der Waals surface area contributed by atoms with Crippen LogP contribution in [0.3, 0.4) is 0 Å². The molecule has 2 aromatic heterocycles. The Hall–Kier alpha value is -1.09. The molecule has 0 aliphatic rings. The summed E-state index contributed by atoms with van der Waals surface area (Å²) >= 11 is 5.96. The zero-order chi connectivity index (χ0) is 9.26. The van der Waals surface area contributed by atoms with Gasteiger partial charge in [0.05, 0.1) is 5.02 Å².